The van der Waals surface area contributed by atoms with Gasteiger partial charge >= 0.3 is 0 Å². The molecule has 168 valence electrons. The second kappa shape index (κ2) is 8.89. The number of aryl methyl sites for hydroxylation is 2. The Morgan fingerprint density at radius 2 is 2.06 bits per heavy atom. The van der Waals surface area contributed by atoms with Gasteiger partial charge in [-0.3, -0.25) is 4.90 Å². The van der Waals surface area contributed by atoms with Crippen LogP contribution in [0.4, 0.5) is 0 Å². The van der Waals surface area contributed by atoms with Crippen LogP contribution in [0.15, 0.2) is 47.8 Å². The standard InChI is InChI=1S/C27H32N2O2S/c1-17-16-32-27-8-7-20(13-23(17)27)21-9-10-29(19(3)12-21)14-22(30)15-31-26-6-4-5-25-24(26)11-18(2)28-25/h4-8,11,13,16,19,21-22,28,30H,9-10,12,14-15H2,1-3H3/t19-,21-,22+/m1/s1. The summed E-state index contributed by atoms with van der Waals surface area (Å²) in [5, 5.41) is 15.4. The molecule has 0 bridgehead atoms. The van der Waals surface area contributed by atoms with Crippen molar-refractivity contribution < 1.29 is 9.84 Å². The van der Waals surface area contributed by atoms with Crippen LogP contribution in [0.25, 0.3) is 21.0 Å². The number of aromatic nitrogens is 1. The number of piperidine rings is 1. The van der Waals surface area contributed by atoms with Gasteiger partial charge in [-0.05, 0) is 98.3 Å². The van der Waals surface area contributed by atoms with Gasteiger partial charge in [-0.1, -0.05) is 12.1 Å². The third-order valence-corrected chi connectivity index (χ3v) is 7.99. The summed E-state index contributed by atoms with van der Waals surface area (Å²) >= 11 is 1.83. The minimum Gasteiger partial charge on any atom is -0.490 e. The minimum atomic E-state index is -0.505. The van der Waals surface area contributed by atoms with Gasteiger partial charge < -0.3 is 14.8 Å². The second-order valence-corrected chi connectivity index (χ2v) is 10.3. The van der Waals surface area contributed by atoms with Crippen LogP contribution in [0.1, 0.15) is 42.5 Å². The van der Waals surface area contributed by atoms with E-state index >= 15 is 0 Å². The van der Waals surface area contributed by atoms with Crippen molar-refractivity contribution >= 4 is 32.3 Å². The molecule has 32 heavy (non-hydrogen) atoms. The third kappa shape index (κ3) is 4.29. The second-order valence-electron chi connectivity index (χ2n) is 9.37. The van der Waals surface area contributed by atoms with Gasteiger partial charge in [-0.15, -0.1) is 11.3 Å². The number of aliphatic hydroxyl groups excluding tert-OH is 1. The molecular weight excluding hydrogens is 416 g/mol. The number of nitrogens with zero attached hydrogens (tertiary/aromatic N) is 1. The van der Waals surface area contributed by atoms with Crippen LogP contribution in [-0.4, -0.2) is 46.8 Å². The molecule has 5 rings (SSSR count). The minimum absolute atomic E-state index is 0.310. The molecule has 0 aliphatic carbocycles. The summed E-state index contributed by atoms with van der Waals surface area (Å²) in [4.78, 5) is 5.75. The number of H-pyrrole nitrogens is 1. The number of likely N-dealkylation sites (tertiary alicyclic amines) is 1. The maximum absolute atomic E-state index is 10.7. The number of benzene rings is 2. The first-order chi connectivity index (χ1) is 15.5. The van der Waals surface area contributed by atoms with Gasteiger partial charge in [0.25, 0.3) is 0 Å². The lowest BCUT2D eigenvalue weighted by Gasteiger charge is -2.38. The highest BCUT2D eigenvalue weighted by molar-refractivity contribution is 7.17. The average molecular weight is 449 g/mol. The van der Waals surface area contributed by atoms with Crippen molar-refractivity contribution in [2.45, 2.75) is 51.7 Å². The molecule has 0 amide bonds. The molecule has 0 saturated carbocycles. The van der Waals surface area contributed by atoms with E-state index in [0.29, 0.717) is 25.1 Å². The van der Waals surface area contributed by atoms with E-state index in [1.165, 1.54) is 21.2 Å². The monoisotopic (exact) mass is 448 g/mol. The molecule has 2 aromatic carbocycles. The fourth-order valence-corrected chi connectivity index (χ4v) is 6.05. The SMILES string of the molecule is Cc1cc2c(OC[C@@H](O)CN3CC[C@@H](c4ccc5scc(C)c5c4)C[C@H]3C)cccc2[nH]1. The van der Waals surface area contributed by atoms with Crippen LogP contribution in [-0.2, 0) is 0 Å². The lowest BCUT2D eigenvalue weighted by Crippen LogP contribution is -2.45. The van der Waals surface area contributed by atoms with E-state index in [4.69, 9.17) is 4.74 Å². The van der Waals surface area contributed by atoms with Crippen LogP contribution in [0, 0.1) is 13.8 Å². The summed E-state index contributed by atoms with van der Waals surface area (Å²) in [7, 11) is 0. The van der Waals surface area contributed by atoms with E-state index in [-0.39, 0.29) is 0 Å². The van der Waals surface area contributed by atoms with Gasteiger partial charge in [-0.2, -0.15) is 0 Å². The third-order valence-electron chi connectivity index (χ3n) is 6.91. The van der Waals surface area contributed by atoms with Crippen molar-refractivity contribution in [1.29, 1.82) is 0 Å². The molecule has 1 aliphatic rings. The zero-order valence-corrected chi connectivity index (χ0v) is 19.9. The fraction of sp³-hybridized carbons (Fsp3) is 0.407. The molecule has 0 unspecified atom stereocenters. The summed E-state index contributed by atoms with van der Waals surface area (Å²) in [6.07, 6.45) is 1.76. The van der Waals surface area contributed by atoms with Gasteiger partial charge in [0.15, 0.2) is 0 Å². The predicted molar refractivity (Wildman–Crippen MR) is 134 cm³/mol. The first kappa shape index (κ1) is 21.5. The van der Waals surface area contributed by atoms with Crippen LogP contribution >= 0.6 is 11.3 Å². The number of hydrogen-bond donors (Lipinski definition) is 2. The van der Waals surface area contributed by atoms with Crippen LogP contribution < -0.4 is 4.74 Å². The van der Waals surface area contributed by atoms with E-state index in [2.05, 4.69) is 59.4 Å². The number of fused-ring (bicyclic) bond motifs is 2. The number of rotatable bonds is 6. The van der Waals surface area contributed by atoms with E-state index in [1.807, 2.05) is 30.4 Å². The lowest BCUT2D eigenvalue weighted by atomic mass is 9.85. The summed E-state index contributed by atoms with van der Waals surface area (Å²) in [6.45, 7) is 8.51. The molecule has 1 fully saturated rings. The largest absolute Gasteiger partial charge is 0.490 e. The Morgan fingerprint density at radius 1 is 1.19 bits per heavy atom. The highest BCUT2D eigenvalue weighted by atomic mass is 32.1. The van der Waals surface area contributed by atoms with E-state index in [1.54, 1.807) is 0 Å². The molecular formula is C27H32N2O2S. The maximum atomic E-state index is 10.7. The zero-order chi connectivity index (χ0) is 22.2. The molecule has 5 heteroatoms. The summed E-state index contributed by atoms with van der Waals surface area (Å²) < 4.78 is 7.39. The lowest BCUT2D eigenvalue weighted by molar-refractivity contribution is 0.0406. The van der Waals surface area contributed by atoms with E-state index < -0.39 is 6.10 Å². The van der Waals surface area contributed by atoms with Crippen molar-refractivity contribution in [2.24, 2.45) is 0 Å². The molecule has 3 atom stereocenters. The van der Waals surface area contributed by atoms with Crippen molar-refractivity contribution in [2.75, 3.05) is 19.7 Å². The Morgan fingerprint density at radius 3 is 2.91 bits per heavy atom. The number of hydrogen-bond acceptors (Lipinski definition) is 4. The molecule has 1 aliphatic heterocycles. The number of ether oxygens (including phenoxy) is 1. The molecule has 4 aromatic rings. The average Bonchev–Trinajstić information content (AvgIpc) is 3.35. The van der Waals surface area contributed by atoms with E-state index in [9.17, 15) is 5.11 Å². The van der Waals surface area contributed by atoms with Crippen molar-refractivity contribution in [3.8, 4) is 5.75 Å². The molecule has 3 heterocycles. The molecule has 2 N–H and O–H groups in total. The number of thiophene rings is 1. The Kier molecular flexibility index (Phi) is 5.97. The van der Waals surface area contributed by atoms with Gasteiger partial charge in [-0.25, -0.2) is 0 Å². The summed E-state index contributed by atoms with van der Waals surface area (Å²) in [5.74, 6) is 1.42. The maximum Gasteiger partial charge on any atom is 0.128 e. The highest BCUT2D eigenvalue weighted by Crippen LogP contribution is 2.35. The first-order valence-corrected chi connectivity index (χ1v) is 12.5. The Labute approximate surface area is 193 Å². The highest BCUT2D eigenvalue weighted by Gasteiger charge is 2.28. The van der Waals surface area contributed by atoms with Gasteiger partial charge in [0, 0.05) is 33.9 Å². The predicted octanol–water partition coefficient (Wildman–Crippen LogP) is 6.01. The van der Waals surface area contributed by atoms with Crippen LogP contribution in [0.3, 0.4) is 0 Å². The zero-order valence-electron chi connectivity index (χ0n) is 19.1. The first-order valence-electron chi connectivity index (χ1n) is 11.6. The summed E-state index contributed by atoms with van der Waals surface area (Å²) in [5.41, 5.74) is 5.03. The van der Waals surface area contributed by atoms with Gasteiger partial charge in [0.2, 0.25) is 0 Å². The van der Waals surface area contributed by atoms with E-state index in [0.717, 1.165) is 41.7 Å². The summed E-state index contributed by atoms with van der Waals surface area (Å²) in [6, 6.07) is 15.6. The molecule has 0 radical (unpaired) electrons. The van der Waals surface area contributed by atoms with Gasteiger partial charge in [0.05, 0.1) is 0 Å². The molecule has 2 aromatic heterocycles. The molecule has 0 spiro atoms. The molecule has 1 saturated heterocycles. The smallest absolute Gasteiger partial charge is 0.128 e. The van der Waals surface area contributed by atoms with Crippen LogP contribution in [0.5, 0.6) is 5.75 Å². The van der Waals surface area contributed by atoms with Crippen molar-refractivity contribution in [3.05, 3.63) is 64.7 Å². The molecule has 4 nitrogen and oxygen atoms in total. The Bertz CT molecular complexity index is 1230. The van der Waals surface area contributed by atoms with Crippen molar-refractivity contribution in [1.82, 2.24) is 9.88 Å². The number of β-amino-alcohol motifs (C(OH)–C–C–N with tert-alkyl or cyclic N) is 1. The number of aliphatic hydroxyl groups is 1. The number of nitrogens with one attached hydrogen (secondary N) is 1. The Hall–Kier alpha value is -2.34. The normalized spacial score (nSPS) is 20.8. The Balaban J connectivity index is 1.18. The quantitative estimate of drug-likeness (QED) is 0.380. The van der Waals surface area contributed by atoms with Crippen molar-refractivity contribution in [3.63, 3.8) is 0 Å². The topological polar surface area (TPSA) is 48.5 Å². The van der Waals surface area contributed by atoms with Crippen LogP contribution in [0.2, 0.25) is 0 Å². The number of aromatic amines is 1. The van der Waals surface area contributed by atoms with Gasteiger partial charge in [0.1, 0.15) is 18.5 Å². The fourth-order valence-electron chi connectivity index (χ4n) is 5.12.